The molecule has 0 amide bonds. The zero-order valence-corrected chi connectivity index (χ0v) is 26.7. The highest BCUT2D eigenvalue weighted by molar-refractivity contribution is 5.67. The fourth-order valence-corrected chi connectivity index (χ4v) is 6.54. The molecule has 43 heavy (non-hydrogen) atoms. The Hall–Kier alpha value is -2.03. The molecule has 1 aliphatic carbocycles. The molecule has 2 rings (SSSR count). The normalized spacial score (nSPS) is 18.4. The number of aliphatic hydroxyl groups excluding tert-OH is 4. The van der Waals surface area contributed by atoms with Crippen molar-refractivity contribution in [2.75, 3.05) is 13.2 Å². The Morgan fingerprint density at radius 1 is 1.02 bits per heavy atom. The Morgan fingerprint density at radius 3 is 2.35 bits per heavy atom. The summed E-state index contributed by atoms with van der Waals surface area (Å²) in [7, 11) is 0. The van der Waals surface area contributed by atoms with Crippen LogP contribution in [-0.4, -0.2) is 69.0 Å². The number of carboxylic acids is 1. The Labute approximate surface area is 260 Å². The molecule has 0 bridgehead atoms. The molecule has 0 saturated heterocycles. The van der Waals surface area contributed by atoms with E-state index in [1.54, 1.807) is 6.92 Å². The highest BCUT2D eigenvalue weighted by atomic mass is 16.4. The topological polar surface area (TPSA) is 130 Å². The summed E-state index contributed by atoms with van der Waals surface area (Å²) in [5.41, 5.74) is 3.13. The highest BCUT2D eigenvalue weighted by Gasteiger charge is 2.35. The lowest BCUT2D eigenvalue weighted by atomic mass is 9.77. The van der Waals surface area contributed by atoms with Crippen LogP contribution in [0.5, 0.6) is 0 Å². The van der Waals surface area contributed by atoms with Crippen molar-refractivity contribution in [1.82, 2.24) is 5.32 Å². The van der Waals surface area contributed by atoms with E-state index in [2.05, 4.69) is 24.4 Å². The quantitative estimate of drug-likeness (QED) is 0.0661. The Kier molecular flexibility index (Phi) is 18.0. The van der Waals surface area contributed by atoms with E-state index in [1.165, 1.54) is 5.56 Å². The van der Waals surface area contributed by atoms with Crippen molar-refractivity contribution < 1.29 is 30.3 Å². The van der Waals surface area contributed by atoms with Gasteiger partial charge in [-0.2, -0.15) is 0 Å². The van der Waals surface area contributed by atoms with Gasteiger partial charge in [0, 0.05) is 12.6 Å². The van der Waals surface area contributed by atoms with Gasteiger partial charge >= 0.3 is 5.97 Å². The van der Waals surface area contributed by atoms with Crippen LogP contribution in [0.15, 0.2) is 53.6 Å². The molecule has 0 heterocycles. The number of hydrogen-bond donors (Lipinski definition) is 6. The van der Waals surface area contributed by atoms with Crippen molar-refractivity contribution >= 4 is 5.97 Å². The van der Waals surface area contributed by atoms with E-state index in [0.29, 0.717) is 19.4 Å². The first kappa shape index (κ1) is 37.2. The molecule has 1 aromatic carbocycles. The fourth-order valence-electron chi connectivity index (χ4n) is 6.54. The second-order valence-corrected chi connectivity index (χ2v) is 12.8. The summed E-state index contributed by atoms with van der Waals surface area (Å²) in [5.74, 6) is -0.715. The summed E-state index contributed by atoms with van der Waals surface area (Å²) in [6.07, 6.45) is 15.3. The van der Waals surface area contributed by atoms with Gasteiger partial charge in [-0.3, -0.25) is 4.79 Å². The van der Waals surface area contributed by atoms with Gasteiger partial charge in [-0.1, -0.05) is 94.4 Å². The number of carboxylic acid groups (broad SMARTS) is 1. The first-order valence-electron chi connectivity index (χ1n) is 16.7. The first-order valence-corrected chi connectivity index (χ1v) is 16.7. The molecule has 1 aliphatic rings. The van der Waals surface area contributed by atoms with Crippen LogP contribution in [0.2, 0.25) is 0 Å². The maximum Gasteiger partial charge on any atom is 0.303 e. The minimum atomic E-state index is -0.919. The Bertz CT molecular complexity index is 954. The van der Waals surface area contributed by atoms with Gasteiger partial charge in [-0.15, -0.1) is 0 Å². The second-order valence-electron chi connectivity index (χ2n) is 12.8. The molecule has 6 N–H and O–H groups in total. The highest BCUT2D eigenvalue weighted by Crippen LogP contribution is 2.45. The third-order valence-corrected chi connectivity index (χ3v) is 8.95. The molecule has 0 radical (unpaired) electrons. The smallest absolute Gasteiger partial charge is 0.303 e. The van der Waals surface area contributed by atoms with Gasteiger partial charge in [-0.05, 0) is 80.4 Å². The number of aliphatic carboxylic acids is 1. The molecule has 0 spiro atoms. The van der Waals surface area contributed by atoms with Crippen LogP contribution in [-0.2, 0) is 11.2 Å². The predicted molar refractivity (Wildman–Crippen MR) is 174 cm³/mol. The lowest BCUT2D eigenvalue weighted by molar-refractivity contribution is -0.139. The van der Waals surface area contributed by atoms with E-state index < -0.39 is 24.3 Å². The second kappa shape index (κ2) is 20.8. The average molecular weight is 602 g/mol. The number of allylic oxidation sites excluding steroid dienone is 2. The van der Waals surface area contributed by atoms with E-state index in [0.717, 1.165) is 88.2 Å². The molecular weight excluding hydrogens is 542 g/mol. The van der Waals surface area contributed by atoms with Crippen molar-refractivity contribution in [3.8, 4) is 0 Å². The standard InChI is InChI=1S/C36H59NO6/c1-3-4-6-15-31(40)20-19-30(18-17-29-13-7-5-8-14-29)33(24-32(41)27-38)34(37-26-28(2)39)16-9-10-21-36(25-35(42)43)22-11-12-23-36/h5,7-8,13-14,19-20,28,31-32,34,37-41H,3-4,6,9-12,15-18,21-27H2,1-2H3,(H,42,43)/t28-,31-,32-,34-/m0/s1. The van der Waals surface area contributed by atoms with Gasteiger partial charge in [0.1, 0.15) is 0 Å². The van der Waals surface area contributed by atoms with E-state index in [1.807, 2.05) is 30.4 Å². The maximum absolute atomic E-state index is 11.6. The molecule has 7 nitrogen and oxygen atoms in total. The molecular formula is C36H59NO6. The van der Waals surface area contributed by atoms with Crippen molar-refractivity contribution in [3.63, 3.8) is 0 Å². The van der Waals surface area contributed by atoms with E-state index in [4.69, 9.17) is 0 Å². The van der Waals surface area contributed by atoms with Crippen LogP contribution in [0, 0.1) is 5.41 Å². The Balaban J connectivity index is 2.35. The number of benzene rings is 1. The van der Waals surface area contributed by atoms with Crippen molar-refractivity contribution in [3.05, 3.63) is 59.2 Å². The lowest BCUT2D eigenvalue weighted by Gasteiger charge is -2.29. The molecule has 1 aromatic rings. The fraction of sp³-hybridized carbons (Fsp3) is 0.694. The Morgan fingerprint density at radius 2 is 1.72 bits per heavy atom. The lowest BCUT2D eigenvalue weighted by Crippen LogP contribution is -2.38. The zero-order chi connectivity index (χ0) is 31.5. The van der Waals surface area contributed by atoms with Crippen molar-refractivity contribution in [2.24, 2.45) is 5.41 Å². The summed E-state index contributed by atoms with van der Waals surface area (Å²) < 4.78 is 0. The molecule has 0 aromatic heterocycles. The van der Waals surface area contributed by atoms with Crippen molar-refractivity contribution in [2.45, 2.75) is 141 Å². The summed E-state index contributed by atoms with van der Waals surface area (Å²) in [5, 5.41) is 54.4. The summed E-state index contributed by atoms with van der Waals surface area (Å²) in [4.78, 5) is 11.6. The van der Waals surface area contributed by atoms with Crippen LogP contribution >= 0.6 is 0 Å². The van der Waals surface area contributed by atoms with Crippen LogP contribution in [0.1, 0.15) is 116 Å². The maximum atomic E-state index is 11.6. The monoisotopic (exact) mass is 601 g/mol. The molecule has 1 fully saturated rings. The summed E-state index contributed by atoms with van der Waals surface area (Å²) in [6.45, 7) is 3.93. The average Bonchev–Trinajstić information content (AvgIpc) is 3.44. The molecule has 0 aliphatic heterocycles. The summed E-state index contributed by atoms with van der Waals surface area (Å²) >= 11 is 0. The molecule has 4 atom stereocenters. The number of aryl methyl sites for hydroxylation is 1. The first-order chi connectivity index (χ1) is 20.7. The third kappa shape index (κ3) is 15.0. The van der Waals surface area contributed by atoms with E-state index in [9.17, 15) is 30.3 Å². The number of aliphatic hydroxyl groups is 4. The van der Waals surface area contributed by atoms with Crippen LogP contribution < -0.4 is 5.32 Å². The molecule has 0 unspecified atom stereocenters. The van der Waals surface area contributed by atoms with Crippen molar-refractivity contribution in [1.29, 1.82) is 0 Å². The van der Waals surface area contributed by atoms with Gasteiger partial charge in [0.05, 0.1) is 31.3 Å². The van der Waals surface area contributed by atoms with Crippen LogP contribution in [0.25, 0.3) is 0 Å². The minimum absolute atomic E-state index is 0.0996. The van der Waals surface area contributed by atoms with E-state index >= 15 is 0 Å². The zero-order valence-electron chi connectivity index (χ0n) is 26.7. The van der Waals surface area contributed by atoms with Gasteiger partial charge < -0.3 is 30.8 Å². The molecule has 244 valence electrons. The van der Waals surface area contributed by atoms with Gasteiger partial charge in [0.15, 0.2) is 0 Å². The number of nitrogens with one attached hydrogen (secondary N) is 1. The van der Waals surface area contributed by atoms with Gasteiger partial charge in [0.2, 0.25) is 0 Å². The van der Waals surface area contributed by atoms with Gasteiger partial charge in [0.25, 0.3) is 0 Å². The van der Waals surface area contributed by atoms with Gasteiger partial charge in [-0.25, -0.2) is 0 Å². The number of rotatable bonds is 23. The number of hydrogen-bond acceptors (Lipinski definition) is 6. The third-order valence-electron chi connectivity index (χ3n) is 8.95. The number of unbranched alkanes of at least 4 members (excludes halogenated alkanes) is 3. The molecule has 1 saturated carbocycles. The SMILES string of the molecule is CCCCC[C@H](O)C=CC(CCc1ccccc1)=C(C[C@H](O)CO)[C@H](CCCCC1(CC(=O)O)CCCC1)NC[C@H](C)O. The predicted octanol–water partition coefficient (Wildman–Crippen LogP) is 6.09. The van der Waals surface area contributed by atoms with E-state index in [-0.39, 0.29) is 30.9 Å². The van der Waals surface area contributed by atoms with Crippen LogP contribution in [0.4, 0.5) is 0 Å². The minimum Gasteiger partial charge on any atom is -0.481 e. The van der Waals surface area contributed by atoms with Crippen LogP contribution in [0.3, 0.4) is 0 Å². The largest absolute Gasteiger partial charge is 0.481 e. The molecule has 7 heteroatoms. The number of carbonyl (C=O) groups is 1. The summed E-state index contributed by atoms with van der Waals surface area (Å²) in [6, 6.07) is 10.1.